The maximum atomic E-state index is 11.9. The first-order valence-corrected chi connectivity index (χ1v) is 10.8. The first-order valence-electron chi connectivity index (χ1n) is 10.8. The summed E-state index contributed by atoms with van der Waals surface area (Å²) >= 11 is 0. The monoisotopic (exact) mass is 445 g/mol. The van der Waals surface area contributed by atoms with Crippen LogP contribution in [0.4, 0.5) is 0 Å². The molecule has 0 aliphatic carbocycles. The number of nitrogens with one attached hydrogen (secondary N) is 2. The zero-order chi connectivity index (χ0) is 23.1. The molecule has 3 aromatic heterocycles. The third-order valence-electron chi connectivity index (χ3n) is 5.73. The van der Waals surface area contributed by atoms with E-state index >= 15 is 0 Å². The quantitative estimate of drug-likeness (QED) is 0.343. The van der Waals surface area contributed by atoms with Gasteiger partial charge in [-0.15, -0.1) is 0 Å². The van der Waals surface area contributed by atoms with Crippen molar-refractivity contribution in [1.29, 1.82) is 0 Å². The molecule has 0 bridgehead atoms. The number of carbonyl (C=O) groups is 1. The van der Waals surface area contributed by atoms with Gasteiger partial charge in [-0.2, -0.15) is 0 Å². The van der Waals surface area contributed by atoms with Crippen LogP contribution >= 0.6 is 0 Å². The Morgan fingerprint density at radius 2 is 1.21 bits per heavy atom. The Hall–Kier alpha value is -4.78. The molecule has 0 radical (unpaired) electrons. The van der Waals surface area contributed by atoms with Crippen molar-refractivity contribution in [3.8, 4) is 34.2 Å². The highest BCUT2D eigenvalue weighted by Gasteiger charge is 2.15. The highest BCUT2D eigenvalue weighted by atomic mass is 16.5. The number of fused-ring (bicyclic) bond motifs is 2. The molecule has 0 atom stereocenters. The summed E-state index contributed by atoms with van der Waals surface area (Å²) in [6.45, 7) is 0. The molecule has 6 aromatic rings. The average molecular weight is 445 g/mol. The van der Waals surface area contributed by atoms with E-state index in [9.17, 15) is 4.79 Å². The topological polar surface area (TPSA) is 96.6 Å². The fourth-order valence-corrected chi connectivity index (χ4v) is 4.00. The van der Waals surface area contributed by atoms with Gasteiger partial charge in [0.1, 0.15) is 11.4 Å². The van der Waals surface area contributed by atoms with Gasteiger partial charge < -0.3 is 14.7 Å². The number of pyridine rings is 1. The van der Waals surface area contributed by atoms with Crippen molar-refractivity contribution in [3.63, 3.8) is 0 Å². The zero-order valence-electron chi connectivity index (χ0n) is 18.2. The lowest BCUT2D eigenvalue weighted by Gasteiger charge is -2.08. The van der Waals surface area contributed by atoms with Gasteiger partial charge in [-0.25, -0.2) is 19.7 Å². The summed E-state index contributed by atoms with van der Waals surface area (Å²) < 4.78 is 4.82. The minimum atomic E-state index is -0.368. The van der Waals surface area contributed by atoms with Gasteiger partial charge in [0, 0.05) is 0 Å². The molecule has 0 aliphatic rings. The molecule has 2 N–H and O–H groups in total. The largest absolute Gasteiger partial charge is 0.465 e. The van der Waals surface area contributed by atoms with Crippen LogP contribution in [0.15, 0.2) is 84.9 Å². The summed E-state index contributed by atoms with van der Waals surface area (Å²) in [4.78, 5) is 32.9. The second-order valence-corrected chi connectivity index (χ2v) is 7.90. The molecule has 0 saturated heterocycles. The number of ether oxygens (including phenoxy) is 1. The molecule has 164 valence electrons. The fourth-order valence-electron chi connectivity index (χ4n) is 4.00. The van der Waals surface area contributed by atoms with Crippen LogP contribution in [0, 0.1) is 0 Å². The molecule has 0 spiro atoms. The van der Waals surface area contributed by atoms with Crippen LogP contribution in [0.2, 0.25) is 0 Å². The summed E-state index contributed by atoms with van der Waals surface area (Å²) in [6, 6.07) is 27.0. The Balaban J connectivity index is 1.52. The van der Waals surface area contributed by atoms with Crippen molar-refractivity contribution in [2.45, 2.75) is 0 Å². The van der Waals surface area contributed by atoms with Crippen LogP contribution in [-0.4, -0.2) is 38.0 Å². The van der Waals surface area contributed by atoms with E-state index in [1.807, 2.05) is 72.8 Å². The maximum absolute atomic E-state index is 11.9. The smallest absolute Gasteiger partial charge is 0.337 e. The van der Waals surface area contributed by atoms with Crippen LogP contribution < -0.4 is 0 Å². The lowest BCUT2D eigenvalue weighted by molar-refractivity contribution is 0.0600. The molecular formula is C27H19N5O2. The van der Waals surface area contributed by atoms with E-state index in [0.29, 0.717) is 28.6 Å². The zero-order valence-corrected chi connectivity index (χ0v) is 18.2. The van der Waals surface area contributed by atoms with Crippen molar-refractivity contribution in [2.24, 2.45) is 0 Å². The number of hydrogen-bond acceptors (Lipinski definition) is 5. The highest BCUT2D eigenvalue weighted by molar-refractivity contribution is 5.90. The van der Waals surface area contributed by atoms with Crippen LogP contribution in [0.3, 0.4) is 0 Å². The summed E-state index contributed by atoms with van der Waals surface area (Å²) in [5, 5.41) is 0. The fraction of sp³-hybridized carbons (Fsp3) is 0.0370. The molecular weight excluding hydrogens is 426 g/mol. The Bertz CT molecular complexity index is 1510. The number of rotatable bonds is 4. The van der Waals surface area contributed by atoms with Crippen molar-refractivity contribution in [3.05, 3.63) is 90.5 Å². The molecule has 0 fully saturated rings. The first-order chi connectivity index (χ1) is 16.7. The van der Waals surface area contributed by atoms with Gasteiger partial charge >= 0.3 is 5.97 Å². The van der Waals surface area contributed by atoms with E-state index in [0.717, 1.165) is 33.2 Å². The number of esters is 1. The molecule has 0 saturated carbocycles. The molecule has 0 unspecified atom stereocenters. The van der Waals surface area contributed by atoms with Crippen molar-refractivity contribution in [1.82, 2.24) is 24.9 Å². The average Bonchev–Trinajstić information content (AvgIpc) is 3.52. The van der Waals surface area contributed by atoms with Gasteiger partial charge in [0.15, 0.2) is 11.6 Å². The van der Waals surface area contributed by atoms with Crippen molar-refractivity contribution in [2.75, 3.05) is 7.11 Å². The number of methoxy groups -OCH3 is 1. The second kappa shape index (κ2) is 7.97. The normalized spacial score (nSPS) is 11.2. The number of aromatic amines is 2. The molecule has 0 aliphatic heterocycles. The minimum absolute atomic E-state index is 0.368. The van der Waals surface area contributed by atoms with Gasteiger partial charge in [0.25, 0.3) is 0 Å². The Morgan fingerprint density at radius 1 is 0.676 bits per heavy atom. The summed E-state index contributed by atoms with van der Waals surface area (Å²) in [5.41, 5.74) is 7.38. The Kier molecular flexibility index (Phi) is 4.66. The van der Waals surface area contributed by atoms with Gasteiger partial charge in [0.2, 0.25) is 0 Å². The molecule has 7 nitrogen and oxygen atoms in total. The molecule has 3 heterocycles. The summed E-state index contributed by atoms with van der Waals surface area (Å²) in [6.07, 6.45) is 0. The van der Waals surface area contributed by atoms with E-state index in [-0.39, 0.29) is 5.97 Å². The third kappa shape index (κ3) is 3.49. The molecule has 34 heavy (non-hydrogen) atoms. The molecule has 7 heteroatoms. The predicted octanol–water partition coefficient (Wildman–Crippen LogP) is 5.62. The molecule has 6 rings (SSSR count). The van der Waals surface area contributed by atoms with Crippen LogP contribution in [0.25, 0.3) is 56.2 Å². The van der Waals surface area contributed by atoms with Crippen LogP contribution in [-0.2, 0) is 4.74 Å². The lowest BCUT2D eigenvalue weighted by Crippen LogP contribution is -2.00. The predicted molar refractivity (Wildman–Crippen MR) is 131 cm³/mol. The number of imidazole rings is 2. The number of nitrogens with zero attached hydrogens (tertiary/aromatic N) is 3. The maximum Gasteiger partial charge on any atom is 0.337 e. The summed E-state index contributed by atoms with van der Waals surface area (Å²) in [7, 11) is 1.37. The van der Waals surface area contributed by atoms with Crippen LogP contribution in [0.1, 0.15) is 10.4 Å². The Labute approximate surface area is 194 Å². The van der Waals surface area contributed by atoms with Gasteiger partial charge in [-0.3, -0.25) is 0 Å². The second-order valence-electron chi connectivity index (χ2n) is 7.90. The van der Waals surface area contributed by atoms with Gasteiger partial charge in [-0.1, -0.05) is 36.4 Å². The number of para-hydroxylation sites is 4. The minimum Gasteiger partial charge on any atom is -0.465 e. The number of carbonyl (C=O) groups excluding carboxylic acids is 1. The van der Waals surface area contributed by atoms with E-state index < -0.39 is 0 Å². The van der Waals surface area contributed by atoms with Crippen molar-refractivity contribution < 1.29 is 9.53 Å². The van der Waals surface area contributed by atoms with Crippen molar-refractivity contribution >= 4 is 28.0 Å². The molecule has 0 amide bonds. The standard InChI is InChI=1S/C27H19N5O2/c1-34-27(33)17-12-10-16(11-13-17)18-14-23(25-29-19-6-2-3-7-20(19)30-25)28-24(15-18)26-31-21-8-4-5-9-22(21)32-26/h2-15H,1H3,(H,29,30)(H,31,32). The number of aromatic nitrogens is 5. The van der Waals surface area contributed by atoms with E-state index in [2.05, 4.69) is 9.97 Å². The summed E-state index contributed by atoms with van der Waals surface area (Å²) in [5.74, 6) is 0.977. The van der Waals surface area contributed by atoms with Crippen LogP contribution in [0.5, 0.6) is 0 Å². The molecule has 3 aromatic carbocycles. The van der Waals surface area contributed by atoms with E-state index in [1.165, 1.54) is 7.11 Å². The van der Waals surface area contributed by atoms with E-state index in [1.54, 1.807) is 12.1 Å². The van der Waals surface area contributed by atoms with E-state index in [4.69, 9.17) is 19.7 Å². The Morgan fingerprint density at radius 3 is 1.71 bits per heavy atom. The number of benzene rings is 3. The third-order valence-corrected chi connectivity index (χ3v) is 5.73. The number of hydrogen-bond donors (Lipinski definition) is 2. The first kappa shape index (κ1) is 19.9. The highest BCUT2D eigenvalue weighted by Crippen LogP contribution is 2.30. The van der Waals surface area contributed by atoms with Gasteiger partial charge in [0.05, 0.1) is 34.7 Å². The number of H-pyrrole nitrogens is 2. The SMILES string of the molecule is COC(=O)c1ccc(-c2cc(-c3nc4ccccc4[nH]3)nc(-c3nc4ccccc4[nH]3)c2)cc1. The van der Waals surface area contributed by atoms with Gasteiger partial charge in [-0.05, 0) is 59.7 Å². The lowest BCUT2D eigenvalue weighted by atomic mass is 10.0.